The third kappa shape index (κ3) is 5.59. The van der Waals surface area contributed by atoms with Crippen molar-refractivity contribution in [2.75, 3.05) is 0 Å². The minimum atomic E-state index is -0.259. The van der Waals surface area contributed by atoms with E-state index in [0.717, 1.165) is 22.3 Å². The lowest BCUT2D eigenvalue weighted by Gasteiger charge is -2.13. The van der Waals surface area contributed by atoms with Gasteiger partial charge in [-0.15, -0.1) is 0 Å². The van der Waals surface area contributed by atoms with Crippen LogP contribution >= 0.6 is 0 Å². The average molecular weight is 451 g/mol. The summed E-state index contributed by atoms with van der Waals surface area (Å²) >= 11 is 0. The lowest BCUT2D eigenvalue weighted by atomic mass is 9.91. The van der Waals surface area contributed by atoms with E-state index in [9.17, 15) is 19.8 Å². The maximum Gasteiger partial charge on any atom is 0.163 e. The van der Waals surface area contributed by atoms with Crippen LogP contribution in [0.15, 0.2) is 121 Å². The molecule has 2 N–H and O–H groups in total. The summed E-state index contributed by atoms with van der Waals surface area (Å²) in [5.41, 5.74) is 3.35. The summed E-state index contributed by atoms with van der Waals surface area (Å²) in [4.78, 5) is 25.4. The van der Waals surface area contributed by atoms with Crippen LogP contribution in [0.4, 0.5) is 0 Å². The van der Waals surface area contributed by atoms with E-state index in [1.54, 1.807) is 0 Å². The van der Waals surface area contributed by atoms with Gasteiger partial charge in [0.2, 0.25) is 0 Å². The summed E-state index contributed by atoms with van der Waals surface area (Å²) in [6.07, 6.45) is 17.5. The van der Waals surface area contributed by atoms with E-state index in [1.807, 2.05) is 97.1 Å². The first-order chi connectivity index (χ1) is 16.5. The number of aliphatic hydroxyl groups excluding tert-OH is 2. The second-order valence-corrected chi connectivity index (χ2v) is 8.33. The molecule has 2 aliphatic carbocycles. The summed E-state index contributed by atoms with van der Waals surface area (Å²) in [6, 6.07) is 15.2. The molecule has 4 heteroatoms. The van der Waals surface area contributed by atoms with Gasteiger partial charge in [0.15, 0.2) is 11.6 Å². The first-order valence-corrected chi connectivity index (χ1v) is 11.2. The second-order valence-electron chi connectivity index (χ2n) is 8.33. The zero-order chi connectivity index (χ0) is 23.9. The molecule has 0 spiro atoms. The topological polar surface area (TPSA) is 74.6 Å². The zero-order valence-corrected chi connectivity index (χ0v) is 18.7. The Hall–Kier alpha value is -4.18. The molecule has 0 bridgehead atoms. The van der Waals surface area contributed by atoms with Crippen LogP contribution in [0.3, 0.4) is 0 Å². The Labute approximate surface area is 199 Å². The van der Waals surface area contributed by atoms with Gasteiger partial charge < -0.3 is 10.2 Å². The molecule has 170 valence electrons. The molecule has 0 unspecified atom stereocenters. The van der Waals surface area contributed by atoms with Crippen LogP contribution < -0.4 is 0 Å². The number of carbonyl (C=O) groups is 2. The smallest absolute Gasteiger partial charge is 0.163 e. The predicted octanol–water partition coefficient (Wildman–Crippen LogP) is 5.95. The van der Waals surface area contributed by atoms with E-state index in [4.69, 9.17) is 0 Å². The van der Waals surface area contributed by atoms with Crippen LogP contribution in [-0.2, 0) is 22.4 Å². The van der Waals surface area contributed by atoms with E-state index >= 15 is 0 Å². The molecule has 4 nitrogen and oxygen atoms in total. The molecule has 2 aliphatic rings. The van der Waals surface area contributed by atoms with Crippen LogP contribution in [0.2, 0.25) is 0 Å². The van der Waals surface area contributed by atoms with Crippen molar-refractivity contribution >= 4 is 11.6 Å². The first-order valence-electron chi connectivity index (χ1n) is 11.2. The molecule has 0 aromatic heterocycles. The summed E-state index contributed by atoms with van der Waals surface area (Å²) < 4.78 is 0. The van der Waals surface area contributed by atoms with E-state index < -0.39 is 0 Å². The summed E-state index contributed by atoms with van der Waals surface area (Å²) in [5, 5.41) is 20.5. The van der Waals surface area contributed by atoms with Gasteiger partial charge in [-0.2, -0.15) is 0 Å². The fraction of sp³-hybridized carbons (Fsp3) is 0.133. The summed E-state index contributed by atoms with van der Waals surface area (Å²) in [6.45, 7) is 0. The molecule has 2 aromatic carbocycles. The fourth-order valence-corrected chi connectivity index (χ4v) is 4.13. The Balaban J connectivity index is 1.55. The van der Waals surface area contributed by atoms with Crippen LogP contribution in [0, 0.1) is 11.8 Å². The summed E-state index contributed by atoms with van der Waals surface area (Å²) in [5.74, 6) is -0.860. The van der Waals surface area contributed by atoms with E-state index in [2.05, 4.69) is 0 Å². The maximum atomic E-state index is 12.7. The van der Waals surface area contributed by atoms with Crippen molar-refractivity contribution in [1.29, 1.82) is 0 Å². The number of aliphatic hydroxyl groups is 2. The number of hydrogen-bond donors (Lipinski definition) is 2. The van der Waals surface area contributed by atoms with Crippen molar-refractivity contribution in [3.63, 3.8) is 0 Å². The molecule has 4 rings (SSSR count). The standard InChI is InChI=1S/C30H26O4/c31-25(19-29(33)21-9-1-2-10-21)17-23-13-5-7-15-27(23)28-16-8-6-14-24(28)18-26(32)20-30(34)22-11-3-4-12-22/h1-16,19-22,33-34H,17-18H2/b29-19-,30-20-. The van der Waals surface area contributed by atoms with Gasteiger partial charge in [-0.1, -0.05) is 97.1 Å². The number of hydrogen-bond acceptors (Lipinski definition) is 4. The SMILES string of the molecule is O=C(/C=C(\O)C1C=CC=C1)Cc1ccccc1-c1ccccc1CC(=O)/C=C(\O)C1C=CC=C1. The Kier molecular flexibility index (Phi) is 7.19. The first kappa shape index (κ1) is 23.0. The van der Waals surface area contributed by atoms with Crippen molar-refractivity contribution in [3.8, 4) is 11.1 Å². The van der Waals surface area contributed by atoms with Crippen LogP contribution in [0.5, 0.6) is 0 Å². The zero-order valence-electron chi connectivity index (χ0n) is 18.7. The number of allylic oxidation sites excluding steroid dienone is 8. The van der Waals surface area contributed by atoms with Gasteiger partial charge in [0.05, 0.1) is 11.8 Å². The second kappa shape index (κ2) is 10.6. The van der Waals surface area contributed by atoms with Crippen molar-refractivity contribution in [1.82, 2.24) is 0 Å². The van der Waals surface area contributed by atoms with Gasteiger partial charge in [0.25, 0.3) is 0 Å². The van der Waals surface area contributed by atoms with E-state index in [-0.39, 0.29) is 47.8 Å². The fourth-order valence-electron chi connectivity index (χ4n) is 4.13. The number of ketones is 2. The lowest BCUT2D eigenvalue weighted by Crippen LogP contribution is -2.07. The highest BCUT2D eigenvalue weighted by Gasteiger charge is 2.16. The van der Waals surface area contributed by atoms with Crippen molar-refractivity contribution < 1.29 is 19.8 Å². The van der Waals surface area contributed by atoms with Gasteiger partial charge >= 0.3 is 0 Å². The molecular weight excluding hydrogens is 424 g/mol. The molecule has 34 heavy (non-hydrogen) atoms. The van der Waals surface area contributed by atoms with E-state index in [1.165, 1.54) is 12.2 Å². The molecule has 0 heterocycles. The molecule has 0 aliphatic heterocycles. The van der Waals surface area contributed by atoms with Crippen LogP contribution in [0.25, 0.3) is 11.1 Å². The summed E-state index contributed by atoms with van der Waals surface area (Å²) in [7, 11) is 0. The van der Waals surface area contributed by atoms with Crippen molar-refractivity contribution in [2.24, 2.45) is 11.8 Å². The van der Waals surface area contributed by atoms with Crippen LogP contribution in [-0.4, -0.2) is 21.8 Å². The van der Waals surface area contributed by atoms with Crippen molar-refractivity contribution in [2.45, 2.75) is 12.8 Å². The third-order valence-electron chi connectivity index (χ3n) is 5.85. The molecule has 0 atom stereocenters. The monoisotopic (exact) mass is 450 g/mol. The van der Waals surface area contributed by atoms with E-state index in [0.29, 0.717) is 0 Å². The Morgan fingerprint density at radius 1 is 0.618 bits per heavy atom. The largest absolute Gasteiger partial charge is 0.511 e. The molecular formula is C30H26O4. The molecule has 0 radical (unpaired) electrons. The maximum absolute atomic E-state index is 12.7. The average Bonchev–Trinajstić information content (AvgIpc) is 3.54. The lowest BCUT2D eigenvalue weighted by molar-refractivity contribution is -0.115. The highest BCUT2D eigenvalue weighted by molar-refractivity contribution is 5.95. The van der Waals surface area contributed by atoms with Gasteiger partial charge in [-0.05, 0) is 22.3 Å². The van der Waals surface area contributed by atoms with Gasteiger partial charge in [-0.3, -0.25) is 9.59 Å². The Morgan fingerprint density at radius 3 is 1.35 bits per heavy atom. The predicted molar refractivity (Wildman–Crippen MR) is 134 cm³/mol. The molecule has 0 saturated heterocycles. The van der Waals surface area contributed by atoms with Gasteiger partial charge in [0.1, 0.15) is 11.5 Å². The molecule has 0 fully saturated rings. The third-order valence-corrected chi connectivity index (χ3v) is 5.85. The van der Waals surface area contributed by atoms with Gasteiger partial charge in [-0.25, -0.2) is 0 Å². The molecule has 0 amide bonds. The highest BCUT2D eigenvalue weighted by Crippen LogP contribution is 2.29. The highest BCUT2D eigenvalue weighted by atomic mass is 16.3. The molecule has 0 saturated carbocycles. The van der Waals surface area contributed by atoms with Gasteiger partial charge in [0, 0.05) is 25.0 Å². The molecule has 2 aromatic rings. The number of benzene rings is 2. The normalized spacial score (nSPS) is 16.0. The Bertz CT molecular complexity index is 1150. The quantitative estimate of drug-likeness (QED) is 0.366. The minimum absolute atomic E-state index is 0.0250. The number of rotatable bonds is 9. The number of carbonyl (C=O) groups excluding carboxylic acids is 2. The minimum Gasteiger partial charge on any atom is -0.511 e. The van der Waals surface area contributed by atoms with Crippen molar-refractivity contribution in [3.05, 3.63) is 132 Å². The van der Waals surface area contributed by atoms with Crippen LogP contribution in [0.1, 0.15) is 11.1 Å². The Morgan fingerprint density at radius 2 is 0.971 bits per heavy atom.